The van der Waals surface area contributed by atoms with E-state index < -0.39 is 0 Å². The van der Waals surface area contributed by atoms with Crippen LogP contribution in [0.15, 0.2) is 24.3 Å². The third-order valence-corrected chi connectivity index (χ3v) is 2.15. The molecule has 0 aliphatic heterocycles. The zero-order valence-electron chi connectivity index (χ0n) is 8.33. The molecule has 0 aliphatic rings. The number of phenolic OH excluding ortho intramolecular Hbond substituents is 1. The van der Waals surface area contributed by atoms with E-state index in [0.29, 0.717) is 12.3 Å². The quantitative estimate of drug-likeness (QED) is 0.711. The molecule has 1 rings (SSSR count). The fraction of sp³-hybridized carbons (Fsp3) is 0.333. The highest BCUT2D eigenvalue weighted by Gasteiger charge is 2.06. The zero-order chi connectivity index (χ0) is 10.4. The molecule has 1 atom stereocenters. The van der Waals surface area contributed by atoms with Crippen molar-refractivity contribution in [2.24, 2.45) is 0 Å². The van der Waals surface area contributed by atoms with E-state index in [1.54, 1.807) is 12.1 Å². The van der Waals surface area contributed by atoms with Gasteiger partial charge in [-0.25, -0.2) is 0 Å². The van der Waals surface area contributed by atoms with E-state index in [1.807, 2.05) is 12.1 Å². The molecule has 74 valence electrons. The Labute approximate surface area is 85.0 Å². The van der Waals surface area contributed by atoms with Crippen molar-refractivity contribution in [3.05, 3.63) is 29.8 Å². The van der Waals surface area contributed by atoms with Crippen molar-refractivity contribution >= 4 is 0 Å². The summed E-state index contributed by atoms with van der Waals surface area (Å²) < 4.78 is 0. The van der Waals surface area contributed by atoms with Gasteiger partial charge in [0.15, 0.2) is 0 Å². The van der Waals surface area contributed by atoms with E-state index in [4.69, 9.17) is 11.5 Å². The van der Waals surface area contributed by atoms with Gasteiger partial charge in [0.1, 0.15) is 5.75 Å². The topological polar surface area (TPSA) is 32.3 Å². The van der Waals surface area contributed by atoms with Crippen LogP contribution >= 0.6 is 0 Å². The minimum Gasteiger partial charge on any atom is -0.508 e. The van der Waals surface area contributed by atoms with Gasteiger partial charge in [-0.15, -0.1) is 6.42 Å². The summed E-state index contributed by atoms with van der Waals surface area (Å²) in [5, 5.41) is 12.4. The van der Waals surface area contributed by atoms with Gasteiger partial charge in [0.2, 0.25) is 0 Å². The first kappa shape index (κ1) is 10.6. The SMILES string of the molecule is C#CCNC(CC)c1ccc(O)cc1. The van der Waals surface area contributed by atoms with E-state index in [0.717, 1.165) is 12.0 Å². The molecule has 1 unspecified atom stereocenters. The number of nitrogens with one attached hydrogen (secondary N) is 1. The molecule has 14 heavy (non-hydrogen) atoms. The van der Waals surface area contributed by atoms with Crippen LogP contribution in [0, 0.1) is 12.3 Å². The molecule has 0 fully saturated rings. The highest BCUT2D eigenvalue weighted by atomic mass is 16.3. The molecule has 0 saturated heterocycles. The molecule has 0 spiro atoms. The second-order valence-corrected chi connectivity index (χ2v) is 3.14. The number of benzene rings is 1. The van der Waals surface area contributed by atoms with Gasteiger partial charge in [-0.05, 0) is 24.1 Å². The molecule has 2 N–H and O–H groups in total. The summed E-state index contributed by atoms with van der Waals surface area (Å²) in [5.41, 5.74) is 1.15. The van der Waals surface area contributed by atoms with Crippen LogP contribution in [0.5, 0.6) is 5.75 Å². The number of rotatable bonds is 4. The Balaban J connectivity index is 2.69. The van der Waals surface area contributed by atoms with E-state index in [-0.39, 0.29) is 6.04 Å². The summed E-state index contributed by atoms with van der Waals surface area (Å²) in [7, 11) is 0. The minimum atomic E-state index is 0.270. The average molecular weight is 189 g/mol. The lowest BCUT2D eigenvalue weighted by atomic mass is 10.0. The Morgan fingerprint density at radius 2 is 2.07 bits per heavy atom. The average Bonchev–Trinajstić information content (AvgIpc) is 2.21. The summed E-state index contributed by atoms with van der Waals surface area (Å²) >= 11 is 0. The van der Waals surface area contributed by atoms with Gasteiger partial charge in [0, 0.05) is 6.04 Å². The van der Waals surface area contributed by atoms with Crippen molar-refractivity contribution in [2.75, 3.05) is 6.54 Å². The van der Waals surface area contributed by atoms with Crippen molar-refractivity contribution in [1.29, 1.82) is 0 Å². The fourth-order valence-electron chi connectivity index (χ4n) is 1.39. The second-order valence-electron chi connectivity index (χ2n) is 3.14. The molecular formula is C12H15NO. The maximum absolute atomic E-state index is 9.13. The summed E-state index contributed by atoms with van der Waals surface area (Å²) in [5.74, 6) is 2.85. The first-order chi connectivity index (χ1) is 6.77. The first-order valence-corrected chi connectivity index (χ1v) is 4.73. The molecule has 2 nitrogen and oxygen atoms in total. The van der Waals surface area contributed by atoms with Crippen molar-refractivity contribution in [2.45, 2.75) is 19.4 Å². The van der Waals surface area contributed by atoms with Gasteiger partial charge in [-0.1, -0.05) is 25.0 Å². The van der Waals surface area contributed by atoms with E-state index in [1.165, 1.54) is 0 Å². The van der Waals surface area contributed by atoms with Crippen LogP contribution in [0.4, 0.5) is 0 Å². The smallest absolute Gasteiger partial charge is 0.115 e. The van der Waals surface area contributed by atoms with Crippen LogP contribution in [-0.2, 0) is 0 Å². The molecule has 0 saturated carbocycles. The standard InChI is InChI=1S/C12H15NO/c1-3-9-13-12(4-2)10-5-7-11(14)8-6-10/h1,5-8,12-14H,4,9H2,2H3. The van der Waals surface area contributed by atoms with Gasteiger partial charge in [0.05, 0.1) is 6.54 Å². The van der Waals surface area contributed by atoms with Crippen LogP contribution in [-0.4, -0.2) is 11.7 Å². The number of terminal acetylenes is 1. The number of phenols is 1. The predicted molar refractivity (Wildman–Crippen MR) is 58.0 cm³/mol. The normalized spacial score (nSPS) is 12.0. The maximum atomic E-state index is 9.13. The molecule has 2 heteroatoms. The molecule has 0 aromatic heterocycles. The highest BCUT2D eigenvalue weighted by molar-refractivity contribution is 5.28. The zero-order valence-corrected chi connectivity index (χ0v) is 8.33. The summed E-state index contributed by atoms with van der Waals surface area (Å²) in [6, 6.07) is 7.47. The van der Waals surface area contributed by atoms with Crippen molar-refractivity contribution in [3.8, 4) is 18.1 Å². The predicted octanol–water partition coefficient (Wildman–Crippen LogP) is 2.07. The van der Waals surface area contributed by atoms with Gasteiger partial charge >= 0.3 is 0 Å². The first-order valence-electron chi connectivity index (χ1n) is 4.73. The summed E-state index contributed by atoms with van der Waals surface area (Å²) in [6.45, 7) is 2.67. The van der Waals surface area contributed by atoms with E-state index in [9.17, 15) is 0 Å². The molecule has 1 aromatic carbocycles. The monoisotopic (exact) mass is 189 g/mol. The van der Waals surface area contributed by atoms with Crippen LogP contribution in [0.1, 0.15) is 24.9 Å². The van der Waals surface area contributed by atoms with Crippen LogP contribution in [0.3, 0.4) is 0 Å². The molecular weight excluding hydrogens is 174 g/mol. The molecule has 0 heterocycles. The summed E-state index contributed by atoms with van der Waals surface area (Å²) in [6.07, 6.45) is 6.16. The van der Waals surface area contributed by atoms with Gasteiger partial charge in [0.25, 0.3) is 0 Å². The Kier molecular flexibility index (Phi) is 4.03. The largest absolute Gasteiger partial charge is 0.508 e. The third-order valence-electron chi connectivity index (χ3n) is 2.15. The van der Waals surface area contributed by atoms with Crippen LogP contribution in [0.25, 0.3) is 0 Å². The Morgan fingerprint density at radius 3 is 2.57 bits per heavy atom. The Bertz CT molecular complexity index is 310. The second kappa shape index (κ2) is 5.31. The van der Waals surface area contributed by atoms with Crippen molar-refractivity contribution < 1.29 is 5.11 Å². The molecule has 0 bridgehead atoms. The van der Waals surface area contributed by atoms with E-state index in [2.05, 4.69) is 18.2 Å². The lowest BCUT2D eigenvalue weighted by Crippen LogP contribution is -2.20. The minimum absolute atomic E-state index is 0.270. The van der Waals surface area contributed by atoms with E-state index >= 15 is 0 Å². The highest BCUT2D eigenvalue weighted by Crippen LogP contribution is 2.18. The number of hydrogen-bond donors (Lipinski definition) is 2. The number of hydrogen-bond acceptors (Lipinski definition) is 2. The molecule has 1 aromatic rings. The lowest BCUT2D eigenvalue weighted by molar-refractivity contribution is 0.474. The molecule has 0 amide bonds. The molecule has 0 aliphatic carbocycles. The fourth-order valence-corrected chi connectivity index (χ4v) is 1.39. The van der Waals surface area contributed by atoms with Gasteiger partial charge in [-0.3, -0.25) is 5.32 Å². The van der Waals surface area contributed by atoms with Crippen molar-refractivity contribution in [1.82, 2.24) is 5.32 Å². The maximum Gasteiger partial charge on any atom is 0.115 e. The number of aromatic hydroxyl groups is 1. The lowest BCUT2D eigenvalue weighted by Gasteiger charge is -2.15. The third kappa shape index (κ3) is 2.79. The van der Waals surface area contributed by atoms with Gasteiger partial charge < -0.3 is 5.11 Å². The Morgan fingerprint density at radius 1 is 1.43 bits per heavy atom. The van der Waals surface area contributed by atoms with Crippen LogP contribution in [0.2, 0.25) is 0 Å². The van der Waals surface area contributed by atoms with Crippen molar-refractivity contribution in [3.63, 3.8) is 0 Å². The summed E-state index contributed by atoms with van der Waals surface area (Å²) in [4.78, 5) is 0. The molecule has 0 radical (unpaired) electrons. The van der Waals surface area contributed by atoms with Crippen LogP contribution < -0.4 is 5.32 Å². The van der Waals surface area contributed by atoms with Gasteiger partial charge in [-0.2, -0.15) is 0 Å². The Hall–Kier alpha value is -1.46.